The first-order valence-corrected chi connectivity index (χ1v) is 11.1. The van der Waals surface area contributed by atoms with Gasteiger partial charge in [-0.25, -0.2) is 0 Å². The molecule has 1 aliphatic rings. The van der Waals surface area contributed by atoms with Crippen LogP contribution in [0.5, 0.6) is 0 Å². The zero-order chi connectivity index (χ0) is 20.5. The Balaban J connectivity index is 2.00. The molecule has 8 heteroatoms. The molecular formula is C20H31N5O2S. The van der Waals surface area contributed by atoms with Crippen molar-refractivity contribution in [3.05, 3.63) is 35.4 Å². The molecule has 1 aromatic carbocycles. The molecular weight excluding hydrogens is 374 g/mol. The minimum absolute atomic E-state index is 0.0978. The van der Waals surface area contributed by atoms with E-state index in [1.54, 1.807) is 36.0 Å². The van der Waals surface area contributed by atoms with Gasteiger partial charge < -0.3 is 22.1 Å². The second kappa shape index (κ2) is 11.1. The summed E-state index contributed by atoms with van der Waals surface area (Å²) in [6.07, 6.45) is 6.45. The van der Waals surface area contributed by atoms with Crippen LogP contribution >= 0.6 is 11.8 Å². The topological polar surface area (TPSA) is 134 Å². The summed E-state index contributed by atoms with van der Waals surface area (Å²) in [6.45, 7) is 0.701. The SMILES string of the molecule is CSCC[C@@H](NC(=O)c1cccc(C(=N)N)c1)C(=O)NC1CCC(CN)CC1. The highest BCUT2D eigenvalue weighted by molar-refractivity contribution is 7.98. The highest BCUT2D eigenvalue weighted by Gasteiger charge is 2.26. The molecule has 7 nitrogen and oxygen atoms in total. The van der Waals surface area contributed by atoms with E-state index in [0.29, 0.717) is 30.0 Å². The normalized spacial score (nSPS) is 20.2. The van der Waals surface area contributed by atoms with E-state index < -0.39 is 6.04 Å². The number of nitrogen functional groups attached to an aromatic ring is 1. The Hall–Kier alpha value is -2.06. The van der Waals surface area contributed by atoms with Crippen LogP contribution in [-0.2, 0) is 4.79 Å². The second-order valence-electron chi connectivity index (χ2n) is 7.26. The molecule has 1 saturated carbocycles. The van der Waals surface area contributed by atoms with Crippen LogP contribution in [0, 0.1) is 11.3 Å². The fourth-order valence-corrected chi connectivity index (χ4v) is 3.89. The first kappa shape index (κ1) is 22.2. The Bertz CT molecular complexity index is 689. The van der Waals surface area contributed by atoms with Gasteiger partial charge in [-0.2, -0.15) is 11.8 Å². The summed E-state index contributed by atoms with van der Waals surface area (Å²) < 4.78 is 0. The minimum Gasteiger partial charge on any atom is -0.384 e. The molecule has 2 rings (SSSR count). The third kappa shape index (κ3) is 6.53. The smallest absolute Gasteiger partial charge is 0.251 e. The summed E-state index contributed by atoms with van der Waals surface area (Å²) >= 11 is 1.64. The van der Waals surface area contributed by atoms with Crippen LogP contribution in [0.15, 0.2) is 24.3 Å². The summed E-state index contributed by atoms with van der Waals surface area (Å²) in [7, 11) is 0. The molecule has 0 radical (unpaired) electrons. The van der Waals surface area contributed by atoms with Crippen molar-refractivity contribution in [2.45, 2.75) is 44.2 Å². The molecule has 0 aliphatic heterocycles. The van der Waals surface area contributed by atoms with Crippen LogP contribution in [0.25, 0.3) is 0 Å². The van der Waals surface area contributed by atoms with E-state index in [4.69, 9.17) is 16.9 Å². The first-order valence-electron chi connectivity index (χ1n) is 9.69. The maximum Gasteiger partial charge on any atom is 0.251 e. The summed E-state index contributed by atoms with van der Waals surface area (Å²) in [6, 6.07) is 6.13. The fourth-order valence-electron chi connectivity index (χ4n) is 3.42. The molecule has 0 saturated heterocycles. The number of nitrogens with two attached hydrogens (primary N) is 2. The number of thioether (sulfide) groups is 1. The van der Waals surface area contributed by atoms with Gasteiger partial charge in [0.15, 0.2) is 0 Å². The number of hydrogen-bond donors (Lipinski definition) is 5. The molecule has 28 heavy (non-hydrogen) atoms. The number of amidine groups is 1. The van der Waals surface area contributed by atoms with Crippen molar-refractivity contribution in [2.75, 3.05) is 18.6 Å². The van der Waals surface area contributed by atoms with Gasteiger partial charge in [-0.15, -0.1) is 0 Å². The van der Waals surface area contributed by atoms with E-state index >= 15 is 0 Å². The first-order chi connectivity index (χ1) is 13.4. The number of hydrogen-bond acceptors (Lipinski definition) is 5. The van der Waals surface area contributed by atoms with Crippen molar-refractivity contribution >= 4 is 29.4 Å². The molecule has 0 aromatic heterocycles. The van der Waals surface area contributed by atoms with Crippen LogP contribution in [0.3, 0.4) is 0 Å². The Morgan fingerprint density at radius 1 is 1.25 bits per heavy atom. The van der Waals surface area contributed by atoms with E-state index in [9.17, 15) is 9.59 Å². The maximum atomic E-state index is 12.8. The standard InChI is InChI=1S/C20H31N5O2S/c1-28-10-9-17(20(27)24-16-7-5-13(12-21)6-8-16)25-19(26)15-4-2-3-14(11-15)18(22)23/h2-4,11,13,16-17H,5-10,12,21H2,1H3,(H3,22,23)(H,24,27)(H,25,26)/t13?,16?,17-/m1/s1. The highest BCUT2D eigenvalue weighted by Crippen LogP contribution is 2.23. The number of nitrogens with one attached hydrogen (secondary N) is 3. The van der Waals surface area contributed by atoms with Gasteiger partial charge in [0, 0.05) is 17.2 Å². The number of carbonyl (C=O) groups excluding carboxylic acids is 2. The van der Waals surface area contributed by atoms with Gasteiger partial charge in [0.2, 0.25) is 5.91 Å². The molecule has 0 heterocycles. The molecule has 2 amide bonds. The van der Waals surface area contributed by atoms with Crippen molar-refractivity contribution in [2.24, 2.45) is 17.4 Å². The van der Waals surface area contributed by atoms with Crippen LogP contribution in [0.4, 0.5) is 0 Å². The lowest BCUT2D eigenvalue weighted by molar-refractivity contribution is -0.124. The lowest BCUT2D eigenvalue weighted by Gasteiger charge is -2.29. The van der Waals surface area contributed by atoms with Crippen molar-refractivity contribution < 1.29 is 9.59 Å². The van der Waals surface area contributed by atoms with Gasteiger partial charge in [0.25, 0.3) is 5.91 Å². The Morgan fingerprint density at radius 2 is 1.93 bits per heavy atom. The quantitative estimate of drug-likeness (QED) is 0.313. The van der Waals surface area contributed by atoms with Crippen molar-refractivity contribution in [3.63, 3.8) is 0 Å². The number of carbonyl (C=O) groups is 2. The van der Waals surface area contributed by atoms with E-state index in [2.05, 4.69) is 10.6 Å². The van der Waals surface area contributed by atoms with Gasteiger partial charge in [-0.3, -0.25) is 15.0 Å². The third-order valence-electron chi connectivity index (χ3n) is 5.19. The van der Waals surface area contributed by atoms with Crippen LogP contribution in [0.1, 0.15) is 48.0 Å². The maximum absolute atomic E-state index is 12.8. The lowest BCUT2D eigenvalue weighted by Crippen LogP contribution is -2.50. The monoisotopic (exact) mass is 405 g/mol. The van der Waals surface area contributed by atoms with Gasteiger partial charge in [-0.05, 0) is 68.7 Å². The molecule has 7 N–H and O–H groups in total. The number of amides is 2. The van der Waals surface area contributed by atoms with E-state index in [0.717, 1.165) is 31.4 Å². The predicted molar refractivity (Wildman–Crippen MR) is 115 cm³/mol. The average Bonchev–Trinajstić information content (AvgIpc) is 2.71. The van der Waals surface area contributed by atoms with Crippen molar-refractivity contribution in [3.8, 4) is 0 Å². The van der Waals surface area contributed by atoms with Gasteiger partial charge in [0.05, 0.1) is 0 Å². The molecule has 0 bridgehead atoms. The van der Waals surface area contributed by atoms with Crippen LogP contribution in [-0.4, -0.2) is 48.3 Å². The molecule has 1 atom stereocenters. The van der Waals surface area contributed by atoms with E-state index in [1.165, 1.54) is 0 Å². The average molecular weight is 406 g/mol. The largest absolute Gasteiger partial charge is 0.384 e. The van der Waals surface area contributed by atoms with Gasteiger partial charge in [0.1, 0.15) is 11.9 Å². The second-order valence-corrected chi connectivity index (χ2v) is 8.25. The molecule has 154 valence electrons. The van der Waals surface area contributed by atoms with Crippen molar-refractivity contribution in [1.82, 2.24) is 10.6 Å². The number of rotatable bonds is 9. The van der Waals surface area contributed by atoms with Crippen LogP contribution < -0.4 is 22.1 Å². The van der Waals surface area contributed by atoms with Crippen LogP contribution in [0.2, 0.25) is 0 Å². The Labute approximate surface area is 170 Å². The minimum atomic E-state index is -0.590. The summed E-state index contributed by atoms with van der Waals surface area (Å²) in [5.74, 6) is 0.747. The molecule has 0 unspecified atom stereocenters. The fraction of sp³-hybridized carbons (Fsp3) is 0.550. The highest BCUT2D eigenvalue weighted by atomic mass is 32.2. The molecule has 1 fully saturated rings. The van der Waals surface area contributed by atoms with Crippen molar-refractivity contribution in [1.29, 1.82) is 5.41 Å². The zero-order valence-corrected chi connectivity index (χ0v) is 17.2. The van der Waals surface area contributed by atoms with E-state index in [-0.39, 0.29) is 23.7 Å². The predicted octanol–water partition coefficient (Wildman–Crippen LogP) is 1.46. The lowest BCUT2D eigenvalue weighted by atomic mass is 9.86. The molecule has 1 aromatic rings. The summed E-state index contributed by atoms with van der Waals surface area (Å²) in [5.41, 5.74) is 12.1. The van der Waals surface area contributed by atoms with Gasteiger partial charge in [-0.1, -0.05) is 12.1 Å². The van der Waals surface area contributed by atoms with Gasteiger partial charge >= 0.3 is 0 Å². The summed E-state index contributed by atoms with van der Waals surface area (Å²) in [5, 5.41) is 13.5. The Morgan fingerprint density at radius 3 is 2.54 bits per heavy atom. The Kier molecular flexibility index (Phi) is 8.79. The molecule has 1 aliphatic carbocycles. The summed E-state index contributed by atoms with van der Waals surface area (Å²) in [4.78, 5) is 25.4. The molecule has 0 spiro atoms. The van der Waals surface area contributed by atoms with E-state index in [1.807, 2.05) is 6.26 Å². The third-order valence-corrected chi connectivity index (χ3v) is 5.84. The zero-order valence-electron chi connectivity index (χ0n) is 16.4. The number of benzene rings is 1.